The minimum Gasteiger partial charge on any atom is -0.508 e. The van der Waals surface area contributed by atoms with Crippen molar-refractivity contribution in [3.8, 4) is 11.5 Å². The Hall–Kier alpha value is -4.18. The summed E-state index contributed by atoms with van der Waals surface area (Å²) in [5, 5.41) is 46.9. The van der Waals surface area contributed by atoms with Gasteiger partial charge < -0.3 is 49.0 Å². The molecule has 0 radical (unpaired) electrons. The molecule has 14 heteroatoms. The summed E-state index contributed by atoms with van der Waals surface area (Å²) in [6.07, 6.45) is 2.73. The quantitative estimate of drug-likeness (QED) is 0.129. The summed E-state index contributed by atoms with van der Waals surface area (Å²) < 4.78 is 30.6. The summed E-state index contributed by atoms with van der Waals surface area (Å²) in [5.74, 6) is -7.10. The Labute approximate surface area is 389 Å². The molecule has 364 valence electrons. The fraction of sp³-hybridized carbons (Fsp3) is 0.654. The molecule has 4 aliphatic rings. The highest BCUT2D eigenvalue weighted by atomic mass is 16.7. The van der Waals surface area contributed by atoms with Gasteiger partial charge >= 0.3 is 5.97 Å². The molecule has 0 spiro atoms. The van der Waals surface area contributed by atoms with Crippen molar-refractivity contribution in [2.75, 3.05) is 20.8 Å². The van der Waals surface area contributed by atoms with E-state index in [1.807, 2.05) is 51.1 Å². The summed E-state index contributed by atoms with van der Waals surface area (Å²) >= 11 is 0. The molecule has 3 heterocycles. The van der Waals surface area contributed by atoms with Gasteiger partial charge in [0.05, 0.1) is 24.4 Å². The van der Waals surface area contributed by atoms with Gasteiger partial charge in [-0.25, -0.2) is 4.79 Å². The minimum absolute atomic E-state index is 0.0161. The number of allylic oxidation sites excluding steroid dienone is 3. The number of carbonyl (C=O) groups is 4. The van der Waals surface area contributed by atoms with E-state index in [1.165, 1.54) is 19.1 Å². The van der Waals surface area contributed by atoms with Crippen LogP contribution in [0.15, 0.2) is 59.7 Å². The van der Waals surface area contributed by atoms with Crippen LogP contribution in [-0.2, 0) is 38.1 Å². The van der Waals surface area contributed by atoms with Gasteiger partial charge in [0.1, 0.15) is 41.6 Å². The summed E-state index contributed by atoms with van der Waals surface area (Å²) in [6, 6.07) is 9.47. The van der Waals surface area contributed by atoms with Crippen molar-refractivity contribution in [2.45, 2.75) is 167 Å². The zero-order valence-corrected chi connectivity index (χ0v) is 40.0. The number of piperidine rings is 1. The van der Waals surface area contributed by atoms with Crippen LogP contribution in [0.1, 0.15) is 112 Å². The van der Waals surface area contributed by atoms with Gasteiger partial charge in [-0.3, -0.25) is 14.4 Å². The van der Waals surface area contributed by atoms with Crippen LogP contribution in [0.3, 0.4) is 0 Å². The molecule has 2 saturated heterocycles. The van der Waals surface area contributed by atoms with E-state index in [9.17, 15) is 39.6 Å². The van der Waals surface area contributed by atoms with Gasteiger partial charge in [-0.2, -0.15) is 0 Å². The van der Waals surface area contributed by atoms with Crippen LogP contribution in [0.2, 0.25) is 0 Å². The van der Waals surface area contributed by atoms with E-state index in [0.29, 0.717) is 62.7 Å². The molecular formula is C52H73NO13. The van der Waals surface area contributed by atoms with Crippen molar-refractivity contribution >= 4 is 34.2 Å². The maximum absolute atomic E-state index is 14.5. The molecule has 14 atom stereocenters. The van der Waals surface area contributed by atoms with Gasteiger partial charge in [0.15, 0.2) is 0 Å². The maximum atomic E-state index is 14.5. The van der Waals surface area contributed by atoms with E-state index in [0.717, 1.165) is 16.3 Å². The third-order valence-electron chi connectivity index (χ3n) is 14.7. The van der Waals surface area contributed by atoms with E-state index in [2.05, 4.69) is 0 Å². The zero-order chi connectivity index (χ0) is 48.0. The maximum Gasteiger partial charge on any atom is 0.329 e. The molecule has 1 saturated carbocycles. The Kier molecular flexibility index (Phi) is 17.3. The topological polar surface area (TPSA) is 199 Å². The first-order valence-corrected chi connectivity index (χ1v) is 24.0. The highest BCUT2D eigenvalue weighted by molar-refractivity contribution is 6.39. The molecule has 14 nitrogen and oxygen atoms in total. The smallest absolute Gasteiger partial charge is 0.329 e. The summed E-state index contributed by atoms with van der Waals surface area (Å²) in [7, 11) is 3.06. The van der Waals surface area contributed by atoms with Crippen LogP contribution in [0.5, 0.6) is 11.5 Å². The normalized spacial score (nSPS) is 36.2. The average Bonchev–Trinajstić information content (AvgIpc) is 3.29. The monoisotopic (exact) mass is 920 g/mol. The number of aromatic hydroxyl groups is 1. The number of cyclic esters (lactones) is 1. The van der Waals surface area contributed by atoms with Crippen LogP contribution < -0.4 is 4.74 Å². The predicted octanol–water partition coefficient (Wildman–Crippen LogP) is 6.76. The number of hydrogen-bond donors (Lipinski definition) is 4. The first-order valence-electron chi connectivity index (χ1n) is 24.0. The van der Waals surface area contributed by atoms with Crippen LogP contribution in [0.4, 0.5) is 0 Å². The molecule has 4 N–H and O–H groups in total. The number of Topliss-reactive ketones (excluding diaryl/α,β-unsaturated/α-hetero) is 2. The van der Waals surface area contributed by atoms with Gasteiger partial charge in [-0.1, -0.05) is 57.6 Å². The molecular weight excluding hydrogens is 847 g/mol. The summed E-state index contributed by atoms with van der Waals surface area (Å²) in [4.78, 5) is 58.3. The molecule has 6 rings (SSSR count). The molecule has 2 bridgehead atoms. The molecule has 2 aromatic rings. The summed E-state index contributed by atoms with van der Waals surface area (Å²) in [5.41, 5.74) is 1.59. The number of ether oxygens (including phenoxy) is 5. The molecule has 3 aliphatic heterocycles. The third-order valence-corrected chi connectivity index (χ3v) is 14.7. The number of benzene rings is 2. The first kappa shape index (κ1) is 51.2. The lowest BCUT2D eigenvalue weighted by molar-refractivity contribution is -0.302. The minimum atomic E-state index is -2.53. The summed E-state index contributed by atoms with van der Waals surface area (Å²) in [6.45, 7) is 11.2. The molecule has 1 amide bonds. The number of methoxy groups -OCH3 is 2. The second-order valence-electron chi connectivity index (χ2n) is 19.7. The van der Waals surface area contributed by atoms with Crippen LogP contribution in [-0.4, -0.2) is 124 Å². The van der Waals surface area contributed by atoms with Gasteiger partial charge in [-0.15, -0.1) is 0 Å². The van der Waals surface area contributed by atoms with E-state index in [4.69, 9.17) is 23.7 Å². The number of aliphatic hydroxyl groups excluding tert-OH is 2. The number of aliphatic hydroxyl groups is 3. The Morgan fingerprint density at radius 2 is 1.58 bits per heavy atom. The number of amides is 1. The SMILES string of the molecule is CCC1C=C(C)CC(C)CC(OC)C2OC(O)(C(=O)C(=O)N3CCCCC3C(=O)OC(C(C)=CC3CCC(Oc4ccc5cc(O)ccc5c4)C(O)C3)C(C)C(O)CC1=O)C(C)CC2OC. The van der Waals surface area contributed by atoms with Crippen molar-refractivity contribution in [1.29, 1.82) is 0 Å². The predicted molar refractivity (Wildman–Crippen MR) is 247 cm³/mol. The number of phenols is 1. The van der Waals surface area contributed by atoms with Crippen molar-refractivity contribution in [3.63, 3.8) is 0 Å². The number of carbonyl (C=O) groups excluding carboxylic acids is 4. The molecule has 1 aliphatic carbocycles. The third kappa shape index (κ3) is 11.7. The van der Waals surface area contributed by atoms with E-state index in [1.54, 1.807) is 39.0 Å². The molecule has 14 unspecified atom stereocenters. The lowest BCUT2D eigenvalue weighted by atomic mass is 9.81. The Bertz CT molecular complexity index is 2100. The lowest BCUT2D eigenvalue weighted by Gasteiger charge is -2.47. The number of rotatable bonds is 7. The fourth-order valence-corrected chi connectivity index (χ4v) is 10.7. The van der Waals surface area contributed by atoms with E-state index >= 15 is 0 Å². The van der Waals surface area contributed by atoms with Gasteiger partial charge in [0, 0.05) is 44.9 Å². The second-order valence-corrected chi connectivity index (χ2v) is 19.7. The number of phenolic OH excluding ortho intramolecular Hbond substituents is 1. The molecule has 0 aromatic heterocycles. The van der Waals surface area contributed by atoms with Gasteiger partial charge in [0.2, 0.25) is 5.79 Å². The number of nitrogens with zero attached hydrogens (tertiary/aromatic N) is 1. The van der Waals surface area contributed by atoms with Crippen molar-refractivity contribution in [3.05, 3.63) is 59.7 Å². The van der Waals surface area contributed by atoms with Gasteiger partial charge in [0.25, 0.3) is 11.7 Å². The van der Waals surface area contributed by atoms with E-state index < -0.39 is 90.0 Å². The van der Waals surface area contributed by atoms with E-state index in [-0.39, 0.29) is 49.2 Å². The highest BCUT2D eigenvalue weighted by Gasteiger charge is 2.56. The average molecular weight is 920 g/mol. The van der Waals surface area contributed by atoms with Gasteiger partial charge in [-0.05, 0) is 131 Å². The van der Waals surface area contributed by atoms with Crippen LogP contribution in [0, 0.1) is 29.6 Å². The highest BCUT2D eigenvalue weighted by Crippen LogP contribution is 2.40. The Balaban J connectivity index is 1.29. The fourth-order valence-electron chi connectivity index (χ4n) is 10.7. The van der Waals surface area contributed by atoms with Crippen LogP contribution >= 0.6 is 0 Å². The molecule has 2 aromatic carbocycles. The zero-order valence-electron chi connectivity index (χ0n) is 40.0. The van der Waals surface area contributed by atoms with Crippen molar-refractivity contribution < 1.29 is 63.3 Å². The molecule has 66 heavy (non-hydrogen) atoms. The van der Waals surface area contributed by atoms with Crippen LogP contribution in [0.25, 0.3) is 10.8 Å². The lowest BCUT2D eigenvalue weighted by Crippen LogP contribution is -2.64. The number of hydrogen-bond acceptors (Lipinski definition) is 13. The molecule has 3 fully saturated rings. The largest absolute Gasteiger partial charge is 0.508 e. The first-order chi connectivity index (χ1) is 31.4. The van der Waals surface area contributed by atoms with Crippen molar-refractivity contribution in [2.24, 2.45) is 29.6 Å². The number of ketones is 2. The Morgan fingerprint density at radius 1 is 0.879 bits per heavy atom. The number of fused-ring (bicyclic) bond motifs is 4. The van der Waals surface area contributed by atoms with Crippen molar-refractivity contribution in [1.82, 2.24) is 4.90 Å². The Morgan fingerprint density at radius 3 is 2.27 bits per heavy atom. The number of esters is 1. The standard InChI is InChI=1S/C52H73NO13/c1-9-35-21-29(2)20-30(3)22-45(62-7)48-46(63-8)24-32(5)52(61,66-48)49(58)50(59)53-19-11-10-12-40(53)51(60)65-47(33(6)41(55)28-42(35)56)31(4)23-34-13-18-44(43(57)25-34)64-39-17-15-36-26-38(54)16-14-37(36)27-39/h14-17,21,23,26-27,30,32-35,40-41,43-48,54-55,57,61H,9-13,18-20,22,24-25,28H2,1-8H3. The second kappa shape index (κ2) is 22.3.